The molecule has 49 valence electrons. The summed E-state index contributed by atoms with van der Waals surface area (Å²) in [5.74, 6) is 0. The molecule has 0 fully saturated rings. The molecule has 0 unspecified atom stereocenters. The second-order valence-electron chi connectivity index (χ2n) is 1.80. The van der Waals surface area contributed by atoms with Crippen molar-refractivity contribution in [2.45, 2.75) is 32.6 Å². The molecule has 0 bridgehead atoms. The van der Waals surface area contributed by atoms with Crippen molar-refractivity contribution in [1.82, 2.24) is 0 Å². The van der Waals surface area contributed by atoms with Crippen LogP contribution in [0.15, 0.2) is 0 Å². The highest BCUT2D eigenvalue weighted by Crippen LogP contribution is 2.24. The molecule has 0 heterocycles. The van der Waals surface area contributed by atoms with E-state index in [0.29, 0.717) is 0 Å². The van der Waals surface area contributed by atoms with E-state index in [4.69, 9.17) is 0 Å². The summed E-state index contributed by atoms with van der Waals surface area (Å²) in [5.41, 5.74) is 0. The summed E-state index contributed by atoms with van der Waals surface area (Å²) in [6.07, 6.45) is 5.09. The highest BCUT2D eigenvalue weighted by atomic mass is 79.9. The third kappa shape index (κ3) is 6.96. The lowest BCUT2D eigenvalue weighted by Crippen LogP contribution is -1.75. The molecule has 0 nitrogen and oxygen atoms in total. The molecule has 0 N–H and O–H groups in total. The quantitative estimate of drug-likeness (QED) is 0.658. The first kappa shape index (κ1) is 8.96. The summed E-state index contributed by atoms with van der Waals surface area (Å²) in [4.78, 5) is 0. The second kappa shape index (κ2) is 6.09. The van der Waals surface area contributed by atoms with Crippen LogP contribution in [0.25, 0.3) is 0 Å². The Hall–Kier alpha value is 0.960. The maximum absolute atomic E-state index is 3.34. The van der Waals surface area contributed by atoms with Crippen molar-refractivity contribution < 1.29 is 0 Å². The van der Waals surface area contributed by atoms with Crippen LogP contribution in [0.2, 0.25) is 0 Å². The Kier molecular flexibility index (Phi) is 6.82. The molecule has 0 saturated carbocycles. The van der Waals surface area contributed by atoms with E-state index in [0.717, 1.165) is 6.42 Å². The molecular formula is C6H11Br2. The van der Waals surface area contributed by atoms with Gasteiger partial charge in [-0.05, 0) is 6.42 Å². The van der Waals surface area contributed by atoms with E-state index in [1.54, 1.807) is 0 Å². The van der Waals surface area contributed by atoms with Gasteiger partial charge in [-0.15, -0.1) is 0 Å². The molecule has 8 heavy (non-hydrogen) atoms. The SMILES string of the molecule is CCCCC[C](Br)Br. The summed E-state index contributed by atoms with van der Waals surface area (Å²) in [6, 6.07) is 0. The van der Waals surface area contributed by atoms with E-state index < -0.39 is 0 Å². The van der Waals surface area contributed by atoms with E-state index in [1.807, 2.05) is 0 Å². The molecule has 0 aromatic heterocycles. The zero-order valence-corrected chi connectivity index (χ0v) is 8.26. The molecule has 0 atom stereocenters. The van der Waals surface area contributed by atoms with Gasteiger partial charge in [-0.25, -0.2) is 0 Å². The van der Waals surface area contributed by atoms with Crippen molar-refractivity contribution in [2.24, 2.45) is 0 Å². The van der Waals surface area contributed by atoms with E-state index in [9.17, 15) is 0 Å². The van der Waals surface area contributed by atoms with Crippen molar-refractivity contribution in [3.63, 3.8) is 0 Å². The van der Waals surface area contributed by atoms with Gasteiger partial charge in [0, 0.05) is 0 Å². The Morgan fingerprint density at radius 2 is 1.88 bits per heavy atom. The number of rotatable bonds is 4. The minimum atomic E-state index is 1.16. The first-order valence-electron chi connectivity index (χ1n) is 2.94. The fourth-order valence-electron chi connectivity index (χ4n) is 0.509. The maximum atomic E-state index is 3.34. The molecule has 0 aliphatic rings. The van der Waals surface area contributed by atoms with Gasteiger partial charge in [0.05, 0.1) is 0 Å². The van der Waals surface area contributed by atoms with Gasteiger partial charge < -0.3 is 0 Å². The summed E-state index contributed by atoms with van der Waals surface area (Å²) < 4.78 is 1.19. The van der Waals surface area contributed by atoms with Crippen molar-refractivity contribution in [2.75, 3.05) is 0 Å². The molecule has 0 aromatic carbocycles. The summed E-state index contributed by atoms with van der Waals surface area (Å²) in [5, 5.41) is 0. The molecule has 0 rings (SSSR count). The lowest BCUT2D eigenvalue weighted by atomic mass is 10.2. The average molecular weight is 243 g/mol. The summed E-state index contributed by atoms with van der Waals surface area (Å²) >= 11 is 6.68. The lowest BCUT2D eigenvalue weighted by Gasteiger charge is -1.96. The standard InChI is InChI=1S/C6H11Br2/c1-2-3-4-5-6(7)8/h2-5H2,1H3. The van der Waals surface area contributed by atoms with Crippen LogP contribution in [0.5, 0.6) is 0 Å². The predicted octanol–water partition coefficient (Wildman–Crippen LogP) is 3.85. The van der Waals surface area contributed by atoms with Crippen LogP contribution >= 0.6 is 31.9 Å². The fourth-order valence-corrected chi connectivity index (χ4v) is 1.07. The third-order valence-corrected chi connectivity index (χ3v) is 1.76. The zero-order valence-electron chi connectivity index (χ0n) is 5.08. The van der Waals surface area contributed by atoms with Gasteiger partial charge in [0.15, 0.2) is 0 Å². The number of halogens is 2. The fraction of sp³-hybridized carbons (Fsp3) is 0.833. The lowest BCUT2D eigenvalue weighted by molar-refractivity contribution is 0.722. The van der Waals surface area contributed by atoms with E-state index in [-0.39, 0.29) is 0 Å². The highest BCUT2D eigenvalue weighted by molar-refractivity contribution is 9.27. The Balaban J connectivity index is 2.72. The number of hydrogen-bond acceptors (Lipinski definition) is 0. The van der Waals surface area contributed by atoms with Crippen molar-refractivity contribution >= 4 is 31.9 Å². The zero-order chi connectivity index (χ0) is 6.41. The van der Waals surface area contributed by atoms with Gasteiger partial charge in [0.1, 0.15) is 3.74 Å². The summed E-state index contributed by atoms with van der Waals surface area (Å²) in [6.45, 7) is 2.21. The van der Waals surface area contributed by atoms with E-state index in [2.05, 4.69) is 38.8 Å². The summed E-state index contributed by atoms with van der Waals surface area (Å²) in [7, 11) is 0. The number of hydrogen-bond donors (Lipinski definition) is 0. The predicted molar refractivity (Wildman–Crippen MR) is 45.2 cm³/mol. The van der Waals surface area contributed by atoms with Crippen LogP contribution in [-0.2, 0) is 0 Å². The smallest absolute Gasteiger partial charge is 0.0702 e. The van der Waals surface area contributed by atoms with E-state index in [1.165, 1.54) is 23.0 Å². The van der Waals surface area contributed by atoms with Crippen molar-refractivity contribution in [1.29, 1.82) is 0 Å². The molecule has 0 amide bonds. The molecule has 2 heteroatoms. The maximum Gasteiger partial charge on any atom is 0.105 e. The van der Waals surface area contributed by atoms with Crippen LogP contribution in [0.3, 0.4) is 0 Å². The van der Waals surface area contributed by atoms with Crippen LogP contribution < -0.4 is 0 Å². The molecule has 0 aromatic rings. The third-order valence-electron chi connectivity index (χ3n) is 0.969. The molecule has 0 spiro atoms. The van der Waals surface area contributed by atoms with Crippen molar-refractivity contribution in [3.05, 3.63) is 3.74 Å². The number of unbranched alkanes of at least 4 members (excludes halogenated alkanes) is 2. The first-order valence-corrected chi connectivity index (χ1v) is 4.52. The molecule has 0 aliphatic carbocycles. The normalized spacial score (nSPS) is 10.5. The van der Waals surface area contributed by atoms with Crippen LogP contribution in [0.4, 0.5) is 0 Å². The minimum absolute atomic E-state index is 1.16. The highest BCUT2D eigenvalue weighted by Gasteiger charge is 1.95. The van der Waals surface area contributed by atoms with Gasteiger partial charge in [0.25, 0.3) is 0 Å². The van der Waals surface area contributed by atoms with Gasteiger partial charge in [-0.3, -0.25) is 0 Å². The van der Waals surface area contributed by atoms with Gasteiger partial charge in [0.2, 0.25) is 0 Å². The van der Waals surface area contributed by atoms with E-state index >= 15 is 0 Å². The van der Waals surface area contributed by atoms with Crippen LogP contribution in [0, 0.1) is 3.74 Å². The van der Waals surface area contributed by atoms with Crippen LogP contribution in [-0.4, -0.2) is 0 Å². The monoisotopic (exact) mass is 241 g/mol. The topological polar surface area (TPSA) is 0 Å². The second-order valence-corrected chi connectivity index (χ2v) is 4.77. The van der Waals surface area contributed by atoms with Crippen molar-refractivity contribution in [3.8, 4) is 0 Å². The van der Waals surface area contributed by atoms with Gasteiger partial charge >= 0.3 is 0 Å². The minimum Gasteiger partial charge on any atom is -0.0702 e. The Labute approximate surface area is 68.3 Å². The Morgan fingerprint density at radius 1 is 1.25 bits per heavy atom. The Morgan fingerprint density at radius 3 is 2.25 bits per heavy atom. The first-order chi connectivity index (χ1) is 3.77. The Bertz CT molecular complexity index is 43.8. The molecule has 0 aliphatic heterocycles. The van der Waals surface area contributed by atoms with Crippen LogP contribution in [0.1, 0.15) is 32.6 Å². The molecule has 0 saturated heterocycles. The molecular weight excluding hydrogens is 232 g/mol. The average Bonchev–Trinajstić information content (AvgIpc) is 1.66. The van der Waals surface area contributed by atoms with Gasteiger partial charge in [-0.1, -0.05) is 58.0 Å². The largest absolute Gasteiger partial charge is 0.105 e. The van der Waals surface area contributed by atoms with Gasteiger partial charge in [-0.2, -0.15) is 0 Å². The molecule has 1 radical (unpaired) electrons.